The average Bonchev–Trinajstić information content (AvgIpc) is 2.40. The molecule has 0 aliphatic carbocycles. The van der Waals surface area contributed by atoms with Gasteiger partial charge >= 0.3 is 0 Å². The fraction of sp³-hybridized carbons (Fsp3) is 0.667. The van der Waals surface area contributed by atoms with Gasteiger partial charge in [0.2, 0.25) is 0 Å². The molecule has 102 valence electrons. The lowest BCUT2D eigenvalue weighted by atomic mass is 10.0. The smallest absolute Gasteiger partial charge is 0.189 e. The number of aromatic nitrogens is 2. The number of likely N-dealkylation sites (N-methyl/N-ethyl adjacent to an activating group) is 1. The second kappa shape index (κ2) is 7.81. The highest BCUT2D eigenvalue weighted by molar-refractivity contribution is 7.98. The number of nitrogens with one attached hydrogen (secondary N) is 1. The summed E-state index contributed by atoms with van der Waals surface area (Å²) in [5.74, 6) is 1.01. The molecule has 0 saturated carbocycles. The molecule has 0 bridgehead atoms. The van der Waals surface area contributed by atoms with E-state index in [0.29, 0.717) is 6.04 Å². The van der Waals surface area contributed by atoms with Crippen molar-refractivity contribution >= 4 is 30.0 Å². The second-order valence-electron chi connectivity index (χ2n) is 4.43. The summed E-state index contributed by atoms with van der Waals surface area (Å²) in [7, 11) is 2.10. The first-order chi connectivity index (χ1) is 8.29. The van der Waals surface area contributed by atoms with Crippen molar-refractivity contribution in [1.29, 1.82) is 0 Å². The van der Waals surface area contributed by atoms with Crippen LogP contribution in [-0.4, -0.2) is 42.4 Å². The zero-order valence-corrected chi connectivity index (χ0v) is 12.6. The molecular weight excluding hydrogens is 268 g/mol. The summed E-state index contributed by atoms with van der Waals surface area (Å²) < 4.78 is 0. The van der Waals surface area contributed by atoms with E-state index in [-0.39, 0.29) is 12.4 Å². The van der Waals surface area contributed by atoms with Gasteiger partial charge in [0.05, 0.1) is 0 Å². The first kappa shape index (κ1) is 15.5. The Morgan fingerprint density at radius 2 is 2.33 bits per heavy atom. The van der Waals surface area contributed by atoms with Crippen LogP contribution in [0.2, 0.25) is 0 Å². The van der Waals surface area contributed by atoms with Crippen LogP contribution in [0.4, 0.5) is 5.82 Å². The molecule has 0 spiro atoms. The normalized spacial score (nSPS) is 19.1. The SMILES string of the molecule is CSc1nccc(N(C)CC2CCCCN2)n1.Cl. The highest BCUT2D eigenvalue weighted by Gasteiger charge is 2.15. The fourth-order valence-corrected chi connectivity index (χ4v) is 2.50. The van der Waals surface area contributed by atoms with Crippen LogP contribution in [-0.2, 0) is 0 Å². The van der Waals surface area contributed by atoms with Crippen LogP contribution in [0.25, 0.3) is 0 Å². The Bertz CT molecular complexity index is 358. The van der Waals surface area contributed by atoms with Gasteiger partial charge in [0.1, 0.15) is 5.82 Å². The minimum Gasteiger partial charge on any atom is -0.358 e. The molecule has 1 aliphatic rings. The minimum absolute atomic E-state index is 0. The van der Waals surface area contributed by atoms with Crippen LogP contribution in [0, 0.1) is 0 Å². The third-order valence-electron chi connectivity index (χ3n) is 3.10. The Labute approximate surface area is 119 Å². The molecular formula is C12H21ClN4S. The summed E-state index contributed by atoms with van der Waals surface area (Å²) in [6.45, 7) is 2.17. The third-order valence-corrected chi connectivity index (χ3v) is 3.66. The van der Waals surface area contributed by atoms with E-state index in [1.807, 2.05) is 18.5 Å². The van der Waals surface area contributed by atoms with E-state index in [0.717, 1.165) is 24.1 Å². The standard InChI is InChI=1S/C12H20N4S.ClH/c1-16(9-10-5-3-4-7-13-10)11-6-8-14-12(15-11)17-2;/h6,8,10,13H,3-5,7,9H2,1-2H3;1H. The highest BCUT2D eigenvalue weighted by atomic mass is 35.5. The summed E-state index contributed by atoms with van der Waals surface area (Å²) in [5.41, 5.74) is 0. The molecule has 0 radical (unpaired) electrons. The lowest BCUT2D eigenvalue weighted by Gasteiger charge is -2.28. The average molecular weight is 289 g/mol. The number of piperidine rings is 1. The monoisotopic (exact) mass is 288 g/mol. The van der Waals surface area contributed by atoms with Crippen molar-refractivity contribution in [2.75, 3.05) is 31.3 Å². The van der Waals surface area contributed by atoms with Gasteiger partial charge in [-0.05, 0) is 31.7 Å². The molecule has 1 unspecified atom stereocenters. The Morgan fingerprint density at radius 3 is 3.00 bits per heavy atom. The molecule has 0 amide bonds. The van der Waals surface area contributed by atoms with E-state index in [9.17, 15) is 0 Å². The maximum Gasteiger partial charge on any atom is 0.189 e. The molecule has 1 saturated heterocycles. The van der Waals surface area contributed by atoms with Crippen molar-refractivity contribution in [3.8, 4) is 0 Å². The van der Waals surface area contributed by atoms with Crippen molar-refractivity contribution in [1.82, 2.24) is 15.3 Å². The molecule has 18 heavy (non-hydrogen) atoms. The predicted octanol–water partition coefficient (Wildman–Crippen LogP) is 2.20. The Kier molecular flexibility index (Phi) is 6.75. The van der Waals surface area contributed by atoms with E-state index in [1.165, 1.54) is 19.3 Å². The molecule has 1 aliphatic heterocycles. The minimum atomic E-state index is 0. The van der Waals surface area contributed by atoms with Gasteiger partial charge in [-0.15, -0.1) is 12.4 Å². The largest absolute Gasteiger partial charge is 0.358 e. The van der Waals surface area contributed by atoms with Crippen LogP contribution in [0.1, 0.15) is 19.3 Å². The first-order valence-electron chi connectivity index (χ1n) is 6.11. The quantitative estimate of drug-likeness (QED) is 0.679. The number of anilines is 1. The van der Waals surface area contributed by atoms with Gasteiger partial charge in [-0.2, -0.15) is 0 Å². The third kappa shape index (κ3) is 4.30. The number of rotatable bonds is 4. The van der Waals surface area contributed by atoms with Crippen LogP contribution in [0.15, 0.2) is 17.4 Å². The topological polar surface area (TPSA) is 41.1 Å². The van der Waals surface area contributed by atoms with E-state index in [4.69, 9.17) is 0 Å². The number of hydrogen-bond donors (Lipinski definition) is 1. The Balaban J connectivity index is 0.00000162. The van der Waals surface area contributed by atoms with Crippen molar-refractivity contribution in [3.63, 3.8) is 0 Å². The van der Waals surface area contributed by atoms with E-state index in [1.54, 1.807) is 11.8 Å². The van der Waals surface area contributed by atoms with Gasteiger partial charge in [0.15, 0.2) is 5.16 Å². The molecule has 1 atom stereocenters. The molecule has 1 N–H and O–H groups in total. The van der Waals surface area contributed by atoms with Gasteiger partial charge in [-0.3, -0.25) is 0 Å². The highest BCUT2D eigenvalue weighted by Crippen LogP contribution is 2.15. The summed E-state index contributed by atoms with van der Waals surface area (Å²) >= 11 is 1.58. The van der Waals surface area contributed by atoms with Gasteiger partial charge in [-0.25, -0.2) is 9.97 Å². The number of thioether (sulfide) groups is 1. The number of halogens is 1. The summed E-state index contributed by atoms with van der Waals surface area (Å²) in [6.07, 6.45) is 7.75. The lowest BCUT2D eigenvalue weighted by molar-refractivity contribution is 0.402. The molecule has 2 rings (SSSR count). The Hall–Kier alpha value is -0.520. The van der Waals surface area contributed by atoms with Gasteiger partial charge in [-0.1, -0.05) is 18.2 Å². The van der Waals surface area contributed by atoms with Crippen LogP contribution < -0.4 is 10.2 Å². The van der Waals surface area contributed by atoms with Crippen molar-refractivity contribution in [3.05, 3.63) is 12.3 Å². The number of nitrogens with zero attached hydrogens (tertiary/aromatic N) is 3. The van der Waals surface area contributed by atoms with Gasteiger partial charge in [0, 0.05) is 25.8 Å². The van der Waals surface area contributed by atoms with Crippen LogP contribution in [0.5, 0.6) is 0 Å². The van der Waals surface area contributed by atoms with Crippen molar-refractivity contribution in [2.24, 2.45) is 0 Å². The van der Waals surface area contributed by atoms with E-state index < -0.39 is 0 Å². The van der Waals surface area contributed by atoms with Crippen LogP contribution in [0.3, 0.4) is 0 Å². The second-order valence-corrected chi connectivity index (χ2v) is 5.20. The molecule has 4 nitrogen and oxygen atoms in total. The summed E-state index contributed by atoms with van der Waals surface area (Å²) in [4.78, 5) is 10.9. The van der Waals surface area contributed by atoms with Crippen LogP contribution >= 0.6 is 24.2 Å². The van der Waals surface area contributed by atoms with Crippen molar-refractivity contribution < 1.29 is 0 Å². The summed E-state index contributed by atoms with van der Waals surface area (Å²) in [6, 6.07) is 2.57. The molecule has 1 aromatic heterocycles. The summed E-state index contributed by atoms with van der Waals surface area (Å²) in [5, 5.41) is 4.40. The van der Waals surface area contributed by atoms with Gasteiger partial charge < -0.3 is 10.2 Å². The van der Waals surface area contributed by atoms with Crippen molar-refractivity contribution in [2.45, 2.75) is 30.5 Å². The zero-order chi connectivity index (χ0) is 12.1. The predicted molar refractivity (Wildman–Crippen MR) is 80.0 cm³/mol. The maximum atomic E-state index is 4.51. The first-order valence-corrected chi connectivity index (χ1v) is 7.33. The van der Waals surface area contributed by atoms with E-state index in [2.05, 4.69) is 27.2 Å². The van der Waals surface area contributed by atoms with Gasteiger partial charge in [0.25, 0.3) is 0 Å². The zero-order valence-electron chi connectivity index (χ0n) is 10.9. The lowest BCUT2D eigenvalue weighted by Crippen LogP contribution is -2.42. The maximum absolute atomic E-state index is 4.51. The molecule has 2 heterocycles. The molecule has 1 aromatic rings. The molecule has 1 fully saturated rings. The molecule has 6 heteroatoms. The fourth-order valence-electron chi connectivity index (χ4n) is 2.15. The number of hydrogen-bond acceptors (Lipinski definition) is 5. The Morgan fingerprint density at radius 1 is 1.50 bits per heavy atom. The van der Waals surface area contributed by atoms with E-state index >= 15 is 0 Å². The molecule has 0 aromatic carbocycles.